The van der Waals surface area contributed by atoms with E-state index in [1.165, 1.54) is 12.3 Å². The Kier molecular flexibility index (Phi) is 4.13. The fourth-order valence-corrected chi connectivity index (χ4v) is 4.01. The predicted octanol–water partition coefficient (Wildman–Crippen LogP) is 2.69. The van der Waals surface area contributed by atoms with Crippen molar-refractivity contribution in [2.24, 2.45) is 16.6 Å². The molecule has 5 nitrogen and oxygen atoms in total. The van der Waals surface area contributed by atoms with E-state index in [-0.39, 0.29) is 28.4 Å². The Balaban J connectivity index is 1.82. The number of likely N-dealkylation sites (tertiary alicyclic amines) is 1. The van der Waals surface area contributed by atoms with Gasteiger partial charge in [-0.15, -0.1) is 0 Å². The van der Waals surface area contributed by atoms with Crippen molar-refractivity contribution >= 4 is 11.7 Å². The normalized spacial score (nSPS) is 25.6. The summed E-state index contributed by atoms with van der Waals surface area (Å²) in [5, 5.41) is 0. The maximum absolute atomic E-state index is 12.8. The van der Waals surface area contributed by atoms with Crippen LogP contribution in [0.3, 0.4) is 0 Å². The number of pyridine rings is 1. The third kappa shape index (κ3) is 3.15. The minimum atomic E-state index is -2.72. The monoisotopic (exact) mass is 349 g/mol. The van der Waals surface area contributed by atoms with Gasteiger partial charge in [0.2, 0.25) is 0 Å². The number of carbonyl (C=O) groups excluding carboxylic acids is 2. The maximum atomic E-state index is 12.8. The van der Waals surface area contributed by atoms with Gasteiger partial charge in [-0.1, -0.05) is 13.8 Å². The van der Waals surface area contributed by atoms with Crippen molar-refractivity contribution in [2.75, 3.05) is 13.1 Å². The molecule has 25 heavy (non-hydrogen) atoms. The molecule has 0 aromatic carbocycles. The zero-order chi connectivity index (χ0) is 18.4. The minimum absolute atomic E-state index is 0.0707. The van der Waals surface area contributed by atoms with Crippen molar-refractivity contribution in [1.29, 1.82) is 0 Å². The van der Waals surface area contributed by atoms with Gasteiger partial charge in [-0.25, -0.2) is 8.78 Å². The first-order valence-electron chi connectivity index (χ1n) is 8.20. The van der Waals surface area contributed by atoms with E-state index < -0.39 is 17.5 Å². The number of hydrogen-bond acceptors (Lipinski definition) is 4. The first-order valence-corrected chi connectivity index (χ1v) is 8.20. The number of aromatic nitrogens is 1. The van der Waals surface area contributed by atoms with Crippen LogP contribution in [-0.4, -0.2) is 34.7 Å². The lowest BCUT2D eigenvalue weighted by molar-refractivity contribution is -0.125. The molecule has 1 amide bonds. The van der Waals surface area contributed by atoms with Gasteiger partial charge in [0.25, 0.3) is 12.3 Å². The third-order valence-corrected chi connectivity index (χ3v) is 5.06. The van der Waals surface area contributed by atoms with Crippen molar-refractivity contribution in [3.05, 3.63) is 41.4 Å². The molecule has 2 heterocycles. The summed E-state index contributed by atoms with van der Waals surface area (Å²) in [5.41, 5.74) is 5.04. The van der Waals surface area contributed by atoms with E-state index in [0.29, 0.717) is 25.9 Å². The number of ketones is 1. The van der Waals surface area contributed by atoms with Crippen LogP contribution >= 0.6 is 0 Å². The van der Waals surface area contributed by atoms with Crippen LogP contribution in [0.2, 0.25) is 0 Å². The van der Waals surface area contributed by atoms with E-state index in [9.17, 15) is 18.4 Å². The largest absolute Gasteiger partial charge is 0.396 e. The van der Waals surface area contributed by atoms with Crippen LogP contribution in [0.1, 0.15) is 49.2 Å². The Morgan fingerprint density at radius 1 is 1.40 bits per heavy atom. The summed E-state index contributed by atoms with van der Waals surface area (Å²) in [4.78, 5) is 30.1. The quantitative estimate of drug-likeness (QED) is 0.891. The minimum Gasteiger partial charge on any atom is -0.396 e. The molecule has 1 atom stereocenters. The predicted molar refractivity (Wildman–Crippen MR) is 87.8 cm³/mol. The first-order chi connectivity index (χ1) is 11.6. The number of alkyl halides is 2. The Morgan fingerprint density at radius 2 is 2.12 bits per heavy atom. The smallest absolute Gasteiger partial charge is 0.280 e. The molecule has 134 valence electrons. The van der Waals surface area contributed by atoms with Gasteiger partial charge in [-0.05, 0) is 31.1 Å². The molecule has 7 heteroatoms. The van der Waals surface area contributed by atoms with Crippen molar-refractivity contribution in [1.82, 2.24) is 9.88 Å². The molecule has 1 spiro atoms. The molecule has 3 rings (SSSR count). The fourth-order valence-electron chi connectivity index (χ4n) is 4.01. The second-order valence-electron chi connectivity index (χ2n) is 7.60. The van der Waals surface area contributed by atoms with Crippen LogP contribution in [0.4, 0.5) is 8.78 Å². The highest BCUT2D eigenvalue weighted by Crippen LogP contribution is 2.47. The van der Waals surface area contributed by atoms with Crippen molar-refractivity contribution in [3.8, 4) is 0 Å². The van der Waals surface area contributed by atoms with E-state index in [1.54, 1.807) is 11.0 Å². The van der Waals surface area contributed by atoms with Gasteiger partial charge in [0.1, 0.15) is 5.69 Å². The number of halogens is 2. The number of allylic oxidation sites excluding steroid dienone is 1. The lowest BCUT2D eigenvalue weighted by Gasteiger charge is -2.39. The Hall–Kier alpha value is -2.31. The van der Waals surface area contributed by atoms with Crippen LogP contribution < -0.4 is 5.73 Å². The number of carbonyl (C=O) groups is 2. The van der Waals surface area contributed by atoms with Crippen LogP contribution in [0, 0.1) is 10.8 Å². The highest BCUT2D eigenvalue weighted by Gasteiger charge is 2.48. The van der Waals surface area contributed by atoms with E-state index in [1.807, 2.05) is 13.8 Å². The average molecular weight is 349 g/mol. The van der Waals surface area contributed by atoms with Crippen molar-refractivity contribution in [2.45, 2.75) is 33.1 Å². The highest BCUT2D eigenvalue weighted by molar-refractivity contribution is 6.00. The maximum Gasteiger partial charge on any atom is 0.280 e. The zero-order valence-corrected chi connectivity index (χ0v) is 14.3. The molecule has 1 aromatic rings. The molecule has 0 bridgehead atoms. The fraction of sp³-hybridized carbons (Fsp3) is 0.500. The Morgan fingerprint density at radius 3 is 2.76 bits per heavy atom. The number of amides is 1. The summed E-state index contributed by atoms with van der Waals surface area (Å²) in [6, 6.07) is 2.58. The summed E-state index contributed by atoms with van der Waals surface area (Å²) in [6.45, 7) is 4.65. The molecule has 2 N–H and O–H groups in total. The molecule has 0 unspecified atom stereocenters. The van der Waals surface area contributed by atoms with Gasteiger partial charge in [-0.3, -0.25) is 14.6 Å². The summed E-state index contributed by atoms with van der Waals surface area (Å²) in [5.74, 6) is -0.374. The SMILES string of the molecule is CC1(C)C[C@]2(C=C(N)C1=O)CCN(C(=O)c1ccnc(C(F)F)c1)C2. The van der Waals surface area contributed by atoms with Gasteiger partial charge in [0, 0.05) is 35.7 Å². The molecular formula is C18H21F2N3O2. The third-order valence-electron chi connectivity index (χ3n) is 5.06. The second-order valence-corrected chi connectivity index (χ2v) is 7.60. The van der Waals surface area contributed by atoms with Gasteiger partial charge >= 0.3 is 0 Å². The van der Waals surface area contributed by atoms with E-state index in [0.717, 1.165) is 6.07 Å². The van der Waals surface area contributed by atoms with Crippen LogP contribution in [0.5, 0.6) is 0 Å². The van der Waals surface area contributed by atoms with E-state index >= 15 is 0 Å². The topological polar surface area (TPSA) is 76.3 Å². The Labute approximate surface area is 144 Å². The average Bonchev–Trinajstić information content (AvgIpc) is 2.94. The second kappa shape index (κ2) is 5.89. The lowest BCUT2D eigenvalue weighted by Crippen LogP contribution is -2.42. The number of rotatable bonds is 2. The number of nitrogens with two attached hydrogens (primary N) is 1. The molecule has 0 radical (unpaired) electrons. The Bertz CT molecular complexity index is 760. The van der Waals surface area contributed by atoms with Crippen molar-refractivity contribution in [3.63, 3.8) is 0 Å². The van der Waals surface area contributed by atoms with Crippen molar-refractivity contribution < 1.29 is 18.4 Å². The molecule has 1 aliphatic heterocycles. The number of Topliss-reactive ketones (excluding diaryl/α,β-unsaturated/α-hetero) is 1. The summed E-state index contributed by atoms with van der Waals surface area (Å²) in [7, 11) is 0. The number of hydrogen-bond donors (Lipinski definition) is 1. The molecule has 1 aliphatic carbocycles. The molecule has 2 aliphatic rings. The number of nitrogens with zero attached hydrogens (tertiary/aromatic N) is 2. The van der Waals surface area contributed by atoms with Crippen LogP contribution in [0.15, 0.2) is 30.1 Å². The van der Waals surface area contributed by atoms with E-state index in [2.05, 4.69) is 4.98 Å². The summed E-state index contributed by atoms with van der Waals surface area (Å²) >= 11 is 0. The van der Waals surface area contributed by atoms with Gasteiger partial charge < -0.3 is 10.6 Å². The summed E-state index contributed by atoms with van der Waals surface area (Å²) in [6.07, 6.45) is 1.60. The lowest BCUT2D eigenvalue weighted by atomic mass is 9.65. The van der Waals surface area contributed by atoms with E-state index in [4.69, 9.17) is 5.73 Å². The molecule has 1 saturated heterocycles. The highest BCUT2D eigenvalue weighted by atomic mass is 19.3. The molecule has 1 aromatic heterocycles. The van der Waals surface area contributed by atoms with Gasteiger partial charge in [0.15, 0.2) is 5.78 Å². The van der Waals surface area contributed by atoms with Gasteiger partial charge in [-0.2, -0.15) is 0 Å². The van der Waals surface area contributed by atoms with Crippen LogP contribution in [-0.2, 0) is 4.79 Å². The van der Waals surface area contributed by atoms with Gasteiger partial charge in [0.05, 0.1) is 5.70 Å². The molecule has 1 fully saturated rings. The molecule has 0 saturated carbocycles. The first kappa shape index (κ1) is 17.5. The molecular weight excluding hydrogens is 328 g/mol. The zero-order valence-electron chi connectivity index (χ0n) is 14.3. The van der Waals surface area contributed by atoms with Crippen LogP contribution in [0.25, 0.3) is 0 Å². The summed E-state index contributed by atoms with van der Waals surface area (Å²) < 4.78 is 25.6. The standard InChI is InChI=1S/C18H21F2N3O2/c1-17(2)9-18(8-12(21)14(17)24)4-6-23(10-18)16(25)11-3-5-22-13(7-11)15(19)20/h3,5,7-8,15H,4,6,9-10,21H2,1-2H3/t18-/m1/s1.